The standard InChI is InChI=1S/C12H17BrN2O5S/c1-9(2)20-7-6-14(3)21(18,19)12-8-10(13)4-5-11(12)15(16)17/h4-5,8-9H,6-7H2,1-3H3. The van der Waals surface area contributed by atoms with E-state index in [-0.39, 0.29) is 24.2 Å². The highest BCUT2D eigenvalue weighted by Crippen LogP contribution is 2.29. The smallest absolute Gasteiger partial charge is 0.289 e. The molecule has 0 spiro atoms. The SMILES string of the molecule is CC(C)OCCN(C)S(=O)(=O)c1cc(Br)ccc1[N+](=O)[O-]. The molecule has 1 rings (SSSR count). The maximum absolute atomic E-state index is 12.4. The highest BCUT2D eigenvalue weighted by atomic mass is 79.9. The Kier molecular flexibility index (Phi) is 6.26. The Morgan fingerprint density at radius 2 is 2.05 bits per heavy atom. The monoisotopic (exact) mass is 380 g/mol. The van der Waals surface area contributed by atoms with Crippen molar-refractivity contribution in [3.63, 3.8) is 0 Å². The van der Waals surface area contributed by atoms with Gasteiger partial charge in [-0.2, -0.15) is 4.31 Å². The Morgan fingerprint density at radius 3 is 2.57 bits per heavy atom. The third-order valence-corrected chi connectivity index (χ3v) is 5.04. The van der Waals surface area contributed by atoms with E-state index in [1.54, 1.807) is 0 Å². The van der Waals surface area contributed by atoms with Gasteiger partial charge in [0.05, 0.1) is 17.6 Å². The van der Waals surface area contributed by atoms with Crippen molar-refractivity contribution in [3.05, 3.63) is 32.8 Å². The second-order valence-electron chi connectivity index (χ2n) is 4.62. The molecule has 1 aromatic rings. The average Bonchev–Trinajstić information content (AvgIpc) is 2.37. The zero-order chi connectivity index (χ0) is 16.2. The van der Waals surface area contributed by atoms with Crippen molar-refractivity contribution in [1.82, 2.24) is 4.31 Å². The molecule has 0 fully saturated rings. The van der Waals surface area contributed by atoms with Gasteiger partial charge in [0.2, 0.25) is 10.0 Å². The fourth-order valence-electron chi connectivity index (χ4n) is 1.55. The van der Waals surface area contributed by atoms with E-state index in [9.17, 15) is 18.5 Å². The van der Waals surface area contributed by atoms with Crippen LogP contribution < -0.4 is 0 Å². The summed E-state index contributed by atoms with van der Waals surface area (Å²) in [6.45, 7) is 4.01. The van der Waals surface area contributed by atoms with Gasteiger partial charge < -0.3 is 4.74 Å². The molecular formula is C12H17BrN2O5S. The highest BCUT2D eigenvalue weighted by molar-refractivity contribution is 9.10. The lowest BCUT2D eigenvalue weighted by Crippen LogP contribution is -2.31. The van der Waals surface area contributed by atoms with E-state index in [1.165, 1.54) is 19.2 Å². The summed E-state index contributed by atoms with van der Waals surface area (Å²) in [5.74, 6) is 0. The van der Waals surface area contributed by atoms with Crippen LogP contribution in [0.15, 0.2) is 27.6 Å². The Hall–Kier alpha value is -1.03. The quantitative estimate of drug-likeness (QED) is 0.535. The van der Waals surface area contributed by atoms with Gasteiger partial charge in [0, 0.05) is 24.1 Å². The first-order valence-corrected chi connectivity index (χ1v) is 8.41. The van der Waals surface area contributed by atoms with Crippen LogP contribution in [-0.4, -0.2) is 43.9 Å². The zero-order valence-electron chi connectivity index (χ0n) is 11.9. The average molecular weight is 381 g/mol. The first-order valence-electron chi connectivity index (χ1n) is 6.18. The summed E-state index contributed by atoms with van der Waals surface area (Å²) >= 11 is 3.13. The second-order valence-corrected chi connectivity index (χ2v) is 7.54. The first-order chi connectivity index (χ1) is 9.66. The van der Waals surface area contributed by atoms with Gasteiger partial charge in [-0.1, -0.05) is 15.9 Å². The molecule has 0 aliphatic heterocycles. The van der Waals surface area contributed by atoms with E-state index < -0.39 is 20.6 Å². The van der Waals surface area contributed by atoms with Gasteiger partial charge in [0.15, 0.2) is 4.90 Å². The molecule has 0 aromatic heterocycles. The number of sulfonamides is 1. The van der Waals surface area contributed by atoms with Crippen molar-refractivity contribution in [2.24, 2.45) is 0 Å². The zero-order valence-corrected chi connectivity index (χ0v) is 14.3. The molecule has 0 bridgehead atoms. The maximum Gasteiger partial charge on any atom is 0.289 e. The van der Waals surface area contributed by atoms with Crippen LogP contribution >= 0.6 is 15.9 Å². The summed E-state index contributed by atoms with van der Waals surface area (Å²) in [7, 11) is -2.59. The van der Waals surface area contributed by atoms with E-state index >= 15 is 0 Å². The summed E-state index contributed by atoms with van der Waals surface area (Å²) in [4.78, 5) is 9.94. The normalized spacial score (nSPS) is 12.1. The van der Waals surface area contributed by atoms with Crippen LogP contribution in [0.3, 0.4) is 0 Å². The van der Waals surface area contributed by atoms with Crippen LogP contribution in [0.25, 0.3) is 0 Å². The Bertz CT molecular complexity index is 618. The molecule has 0 radical (unpaired) electrons. The van der Waals surface area contributed by atoms with Crippen LogP contribution in [0.1, 0.15) is 13.8 Å². The fourth-order valence-corrected chi connectivity index (χ4v) is 3.40. The first kappa shape index (κ1) is 18.0. The molecule has 9 heteroatoms. The Balaban J connectivity index is 3.07. The van der Waals surface area contributed by atoms with Crippen LogP contribution in [-0.2, 0) is 14.8 Å². The van der Waals surface area contributed by atoms with Crippen LogP contribution in [0, 0.1) is 10.1 Å². The number of hydrogen-bond acceptors (Lipinski definition) is 5. The molecule has 0 heterocycles. The van der Waals surface area contributed by atoms with Gasteiger partial charge in [-0.25, -0.2) is 8.42 Å². The summed E-state index contributed by atoms with van der Waals surface area (Å²) in [5.41, 5.74) is -0.449. The van der Waals surface area contributed by atoms with E-state index in [4.69, 9.17) is 4.74 Å². The number of ether oxygens (including phenoxy) is 1. The molecule has 0 amide bonds. The third-order valence-electron chi connectivity index (χ3n) is 2.66. The van der Waals surface area contributed by atoms with Gasteiger partial charge in [0.25, 0.3) is 5.69 Å². The third kappa shape index (κ3) is 4.73. The molecule has 0 aliphatic rings. The molecule has 21 heavy (non-hydrogen) atoms. The minimum absolute atomic E-state index is 0.0127. The number of nitrogens with zero attached hydrogens (tertiary/aromatic N) is 2. The number of benzene rings is 1. The van der Waals surface area contributed by atoms with Crippen molar-refractivity contribution in [3.8, 4) is 0 Å². The molecule has 7 nitrogen and oxygen atoms in total. The predicted molar refractivity (Wildman–Crippen MR) is 81.7 cm³/mol. The van der Waals surface area contributed by atoms with Crippen molar-refractivity contribution in [1.29, 1.82) is 0 Å². The molecule has 0 aliphatic carbocycles. The lowest BCUT2D eigenvalue weighted by Gasteiger charge is -2.18. The largest absolute Gasteiger partial charge is 0.377 e. The van der Waals surface area contributed by atoms with Gasteiger partial charge in [0.1, 0.15) is 0 Å². The minimum atomic E-state index is -3.95. The highest BCUT2D eigenvalue weighted by Gasteiger charge is 2.29. The molecule has 118 valence electrons. The van der Waals surface area contributed by atoms with Gasteiger partial charge >= 0.3 is 0 Å². The molecule has 0 unspecified atom stereocenters. The summed E-state index contributed by atoms with van der Waals surface area (Å²) in [6, 6.07) is 3.82. The second kappa shape index (κ2) is 7.30. The van der Waals surface area contributed by atoms with Crippen LogP contribution in [0.4, 0.5) is 5.69 Å². The number of likely N-dealkylation sites (N-methyl/N-ethyl adjacent to an activating group) is 1. The Labute approximate surface area is 132 Å². The number of rotatable bonds is 7. The Morgan fingerprint density at radius 1 is 1.43 bits per heavy atom. The number of hydrogen-bond donors (Lipinski definition) is 0. The lowest BCUT2D eigenvalue weighted by molar-refractivity contribution is -0.387. The van der Waals surface area contributed by atoms with E-state index in [0.717, 1.165) is 10.4 Å². The molecule has 1 aromatic carbocycles. The fraction of sp³-hybridized carbons (Fsp3) is 0.500. The van der Waals surface area contributed by atoms with E-state index in [2.05, 4.69) is 15.9 Å². The number of nitro groups is 1. The van der Waals surface area contributed by atoms with E-state index in [0.29, 0.717) is 4.47 Å². The van der Waals surface area contributed by atoms with Gasteiger partial charge in [-0.05, 0) is 26.0 Å². The number of nitro benzene ring substituents is 1. The van der Waals surface area contributed by atoms with Gasteiger partial charge in [-0.3, -0.25) is 10.1 Å². The summed E-state index contributed by atoms with van der Waals surface area (Å²) < 4.78 is 31.7. The maximum atomic E-state index is 12.4. The molecular weight excluding hydrogens is 364 g/mol. The molecule has 0 atom stereocenters. The molecule has 0 N–H and O–H groups in total. The van der Waals surface area contributed by atoms with Crippen molar-refractivity contribution < 1.29 is 18.1 Å². The van der Waals surface area contributed by atoms with Gasteiger partial charge in [-0.15, -0.1) is 0 Å². The van der Waals surface area contributed by atoms with Crippen molar-refractivity contribution in [2.45, 2.75) is 24.8 Å². The predicted octanol–water partition coefficient (Wildman–Crippen LogP) is 2.40. The molecule has 0 saturated carbocycles. The molecule has 0 saturated heterocycles. The van der Waals surface area contributed by atoms with Crippen molar-refractivity contribution >= 4 is 31.6 Å². The van der Waals surface area contributed by atoms with Crippen LogP contribution in [0.5, 0.6) is 0 Å². The van der Waals surface area contributed by atoms with Crippen molar-refractivity contribution in [2.75, 3.05) is 20.2 Å². The number of halogens is 1. The van der Waals surface area contributed by atoms with E-state index in [1.807, 2.05) is 13.8 Å². The summed E-state index contributed by atoms with van der Waals surface area (Å²) in [6.07, 6.45) is -0.0127. The lowest BCUT2D eigenvalue weighted by atomic mass is 10.3. The van der Waals surface area contributed by atoms with Crippen LogP contribution in [0.2, 0.25) is 0 Å². The summed E-state index contributed by atoms with van der Waals surface area (Å²) in [5, 5.41) is 11.0. The topological polar surface area (TPSA) is 89.8 Å². The minimum Gasteiger partial charge on any atom is -0.377 e.